The second-order valence-corrected chi connectivity index (χ2v) is 11.3. The van der Waals surface area contributed by atoms with Crippen LogP contribution in [0, 0.1) is 3.57 Å². The Morgan fingerprint density at radius 3 is 2.61 bits per heavy atom. The normalized spacial score (nSPS) is 15.1. The summed E-state index contributed by atoms with van der Waals surface area (Å²) in [6.45, 7) is 10.2. The number of carbonyl (C=O) groups excluding carboxylic acids is 1. The highest BCUT2D eigenvalue weighted by Gasteiger charge is 2.33. The third-order valence-corrected chi connectivity index (χ3v) is 7.94. The highest BCUT2D eigenvalue weighted by molar-refractivity contribution is 14.1. The average Bonchev–Trinajstić information content (AvgIpc) is 3.17. The molecule has 0 radical (unpaired) electrons. The number of aromatic nitrogens is 1. The molecule has 0 unspecified atom stereocenters. The van der Waals surface area contributed by atoms with Gasteiger partial charge < -0.3 is 14.2 Å². The lowest BCUT2D eigenvalue weighted by molar-refractivity contribution is -0.139. The standard InChI is InChI=1S/C28H26BrIN2O5S/c1-5-12-37-25-18(13-19(29)15-21(25)30)14-22-26(33)32-24(17-8-10-20(11-9-17)35-6-2)23(27(34)36-7-3)16(4)31-28(32)38-22/h5,8-11,13-15,24H,1,6-7,12H2,2-4H3/b22-14-/t24-/m1/s1. The second-order valence-electron chi connectivity index (χ2n) is 8.21. The van der Waals surface area contributed by atoms with E-state index in [-0.39, 0.29) is 12.2 Å². The molecule has 1 aliphatic heterocycles. The molecule has 1 atom stereocenters. The van der Waals surface area contributed by atoms with Gasteiger partial charge in [-0.25, -0.2) is 9.79 Å². The van der Waals surface area contributed by atoms with Crippen molar-refractivity contribution in [3.8, 4) is 11.5 Å². The number of hydrogen-bond donors (Lipinski definition) is 0. The number of allylic oxidation sites excluding steroid dienone is 1. The molecule has 0 fully saturated rings. The Balaban J connectivity index is 1.93. The maximum absolute atomic E-state index is 13.9. The number of hydrogen-bond acceptors (Lipinski definition) is 7. The van der Waals surface area contributed by atoms with E-state index in [4.69, 9.17) is 14.2 Å². The Kier molecular flexibility index (Phi) is 9.27. The molecule has 1 aromatic heterocycles. The minimum Gasteiger partial charge on any atom is -0.494 e. The van der Waals surface area contributed by atoms with Crippen LogP contribution in [0.2, 0.25) is 0 Å². The van der Waals surface area contributed by atoms with Gasteiger partial charge in [-0.2, -0.15) is 0 Å². The molecule has 1 aliphatic rings. The predicted molar refractivity (Wildman–Crippen MR) is 161 cm³/mol. The third-order valence-electron chi connectivity index (χ3n) is 5.69. The number of halogens is 2. The van der Waals surface area contributed by atoms with Crippen molar-refractivity contribution in [3.63, 3.8) is 0 Å². The van der Waals surface area contributed by atoms with Crippen LogP contribution in [0.25, 0.3) is 6.08 Å². The molecule has 4 rings (SSSR count). The molecule has 2 aromatic carbocycles. The zero-order valence-corrected chi connectivity index (χ0v) is 25.7. The van der Waals surface area contributed by atoms with Crippen molar-refractivity contribution < 1.29 is 19.0 Å². The van der Waals surface area contributed by atoms with Crippen LogP contribution in [0.15, 0.2) is 74.6 Å². The zero-order valence-electron chi connectivity index (χ0n) is 21.1. The van der Waals surface area contributed by atoms with Gasteiger partial charge in [0.2, 0.25) is 0 Å². The van der Waals surface area contributed by atoms with Crippen molar-refractivity contribution in [2.75, 3.05) is 19.8 Å². The van der Waals surface area contributed by atoms with Gasteiger partial charge in [-0.1, -0.05) is 52.1 Å². The molecule has 7 nitrogen and oxygen atoms in total. The van der Waals surface area contributed by atoms with Crippen LogP contribution >= 0.6 is 49.9 Å². The first-order valence-corrected chi connectivity index (χ1v) is 14.6. The van der Waals surface area contributed by atoms with Gasteiger partial charge >= 0.3 is 5.97 Å². The maximum Gasteiger partial charge on any atom is 0.338 e. The Morgan fingerprint density at radius 1 is 1.21 bits per heavy atom. The first-order chi connectivity index (χ1) is 18.3. The number of esters is 1. The van der Waals surface area contributed by atoms with Gasteiger partial charge in [-0.3, -0.25) is 9.36 Å². The molecule has 10 heteroatoms. The minimum absolute atomic E-state index is 0.213. The largest absolute Gasteiger partial charge is 0.494 e. The van der Waals surface area contributed by atoms with Crippen LogP contribution in [0.4, 0.5) is 0 Å². The molecule has 0 aliphatic carbocycles. The minimum atomic E-state index is -0.692. The molecule has 2 heterocycles. The third kappa shape index (κ3) is 5.81. The summed E-state index contributed by atoms with van der Waals surface area (Å²) in [5, 5.41) is 0. The number of carbonyl (C=O) groups is 1. The summed E-state index contributed by atoms with van der Waals surface area (Å²) in [6.07, 6.45) is 3.47. The van der Waals surface area contributed by atoms with E-state index in [1.54, 1.807) is 30.6 Å². The lowest BCUT2D eigenvalue weighted by atomic mass is 9.96. The number of benzene rings is 2. The van der Waals surface area contributed by atoms with Crippen molar-refractivity contribution in [1.29, 1.82) is 0 Å². The molecule has 3 aromatic rings. The Morgan fingerprint density at radius 2 is 1.95 bits per heavy atom. The highest BCUT2D eigenvalue weighted by Crippen LogP contribution is 2.33. The van der Waals surface area contributed by atoms with E-state index in [2.05, 4.69) is 50.1 Å². The number of rotatable bonds is 9. The van der Waals surface area contributed by atoms with Gasteiger partial charge in [-0.15, -0.1) is 0 Å². The summed E-state index contributed by atoms with van der Waals surface area (Å²) >= 11 is 7.01. The SMILES string of the molecule is C=CCOc1c(I)cc(Br)cc1/C=c1\sc2n(c1=O)[C@H](c1ccc(OCC)cc1)C(C(=O)OCC)=C(C)N=2. The molecule has 0 bridgehead atoms. The molecular formula is C28H26BrIN2O5S. The number of ether oxygens (including phenoxy) is 3. The summed E-state index contributed by atoms with van der Waals surface area (Å²) in [4.78, 5) is 32.1. The van der Waals surface area contributed by atoms with E-state index < -0.39 is 12.0 Å². The Labute approximate surface area is 246 Å². The summed E-state index contributed by atoms with van der Waals surface area (Å²) in [5.41, 5.74) is 2.09. The highest BCUT2D eigenvalue weighted by atomic mass is 127. The smallest absolute Gasteiger partial charge is 0.338 e. The monoisotopic (exact) mass is 708 g/mol. The van der Waals surface area contributed by atoms with Crippen LogP contribution in [-0.4, -0.2) is 30.4 Å². The number of thiazole rings is 1. The van der Waals surface area contributed by atoms with E-state index in [9.17, 15) is 9.59 Å². The van der Waals surface area contributed by atoms with Gasteiger partial charge in [0.25, 0.3) is 5.56 Å². The van der Waals surface area contributed by atoms with E-state index in [1.165, 1.54) is 11.3 Å². The molecule has 38 heavy (non-hydrogen) atoms. The summed E-state index contributed by atoms with van der Waals surface area (Å²) in [7, 11) is 0. The number of nitrogens with zero attached hydrogens (tertiary/aromatic N) is 2. The molecule has 0 N–H and O–H groups in total. The van der Waals surface area contributed by atoms with Crippen LogP contribution in [0.5, 0.6) is 11.5 Å². The molecule has 0 spiro atoms. The summed E-state index contributed by atoms with van der Waals surface area (Å²) in [6, 6.07) is 10.5. The molecule has 0 amide bonds. The fraction of sp³-hybridized carbons (Fsp3) is 0.250. The first-order valence-electron chi connectivity index (χ1n) is 11.9. The molecular weight excluding hydrogens is 683 g/mol. The first kappa shape index (κ1) is 28.3. The van der Waals surface area contributed by atoms with Crippen LogP contribution in [-0.2, 0) is 9.53 Å². The number of fused-ring (bicyclic) bond motifs is 1. The van der Waals surface area contributed by atoms with E-state index in [0.29, 0.717) is 45.3 Å². The molecule has 0 saturated carbocycles. The van der Waals surface area contributed by atoms with Crippen molar-refractivity contribution in [1.82, 2.24) is 4.57 Å². The van der Waals surface area contributed by atoms with E-state index in [0.717, 1.165) is 19.2 Å². The summed E-state index contributed by atoms with van der Waals surface area (Å²) < 4.78 is 20.7. The van der Waals surface area contributed by atoms with Gasteiger partial charge in [-0.05, 0) is 79.3 Å². The Bertz CT molecular complexity index is 1590. The van der Waals surface area contributed by atoms with Gasteiger partial charge in [0.05, 0.1) is 38.6 Å². The predicted octanol–water partition coefficient (Wildman–Crippen LogP) is 5.13. The van der Waals surface area contributed by atoms with Crippen LogP contribution < -0.4 is 24.4 Å². The molecule has 0 saturated heterocycles. The van der Waals surface area contributed by atoms with Crippen molar-refractivity contribution >= 4 is 61.9 Å². The zero-order chi connectivity index (χ0) is 27.4. The van der Waals surface area contributed by atoms with Crippen molar-refractivity contribution in [2.24, 2.45) is 4.99 Å². The average molecular weight is 709 g/mol. The van der Waals surface area contributed by atoms with Crippen LogP contribution in [0.1, 0.15) is 37.9 Å². The fourth-order valence-corrected chi connectivity index (χ4v) is 6.89. The fourth-order valence-electron chi connectivity index (χ4n) is 4.14. The Hall–Kier alpha value is -2.70. The molecule has 198 valence electrons. The van der Waals surface area contributed by atoms with Gasteiger partial charge in [0.1, 0.15) is 18.1 Å². The van der Waals surface area contributed by atoms with Crippen molar-refractivity contribution in [2.45, 2.75) is 26.8 Å². The topological polar surface area (TPSA) is 79.1 Å². The summed E-state index contributed by atoms with van der Waals surface area (Å²) in [5.74, 6) is 0.868. The lowest BCUT2D eigenvalue weighted by Crippen LogP contribution is -2.39. The lowest BCUT2D eigenvalue weighted by Gasteiger charge is -2.24. The van der Waals surface area contributed by atoms with Crippen molar-refractivity contribution in [3.05, 3.63) is 99.2 Å². The van der Waals surface area contributed by atoms with E-state index >= 15 is 0 Å². The van der Waals surface area contributed by atoms with Crippen LogP contribution in [0.3, 0.4) is 0 Å². The quantitative estimate of drug-likeness (QED) is 0.175. The van der Waals surface area contributed by atoms with Gasteiger partial charge in [0.15, 0.2) is 4.80 Å². The van der Waals surface area contributed by atoms with E-state index in [1.807, 2.05) is 43.3 Å². The van der Waals surface area contributed by atoms with Gasteiger partial charge in [0, 0.05) is 10.0 Å². The maximum atomic E-state index is 13.9. The second kappa shape index (κ2) is 12.4.